The molecule has 0 bridgehead atoms. The number of carbonyl (C=O) groups is 1. The van der Waals surface area contributed by atoms with Crippen molar-refractivity contribution >= 4 is 66.3 Å². The number of nitrogens with one attached hydrogen (secondary N) is 1. The van der Waals surface area contributed by atoms with E-state index in [1.54, 1.807) is 23.5 Å². The van der Waals surface area contributed by atoms with Crippen LogP contribution in [0, 0.1) is 0 Å². The second-order valence-corrected chi connectivity index (χ2v) is 10.5. The topological polar surface area (TPSA) is 81.7 Å². The summed E-state index contributed by atoms with van der Waals surface area (Å²) < 4.78 is 40.1. The Hall–Kier alpha value is -2.78. The molecular formula is C23H17Cl2NO5S2. The van der Waals surface area contributed by atoms with E-state index in [1.807, 2.05) is 30.3 Å². The van der Waals surface area contributed by atoms with Gasteiger partial charge >= 0.3 is 5.97 Å². The number of carbonyl (C=O) groups excluding carboxylic acids is 1. The molecule has 0 saturated heterocycles. The molecule has 0 aliphatic rings. The van der Waals surface area contributed by atoms with Crippen LogP contribution in [-0.4, -0.2) is 28.6 Å². The fraction of sp³-hybridized carbons (Fsp3) is 0.0870. The van der Waals surface area contributed by atoms with Gasteiger partial charge in [0.2, 0.25) is 0 Å². The molecule has 0 radical (unpaired) electrons. The molecule has 0 atom stereocenters. The Balaban J connectivity index is 1.83. The highest BCUT2D eigenvalue weighted by Crippen LogP contribution is 2.38. The van der Waals surface area contributed by atoms with Crippen LogP contribution in [0.4, 0.5) is 5.69 Å². The van der Waals surface area contributed by atoms with Gasteiger partial charge in [-0.2, -0.15) is 0 Å². The summed E-state index contributed by atoms with van der Waals surface area (Å²) in [6.45, 7) is 0. The standard InChI is InChI=1S/C23H17Cl2NO5S2/c1-30-22-17(25)11-15(24)12-21(22)33(28,29)26-18-9-14(7-8-16(18)23(27)31-2)20-10-13-5-3-4-6-19(13)32-20/h3-12,26H,1-2H3. The highest BCUT2D eigenvalue weighted by atomic mass is 35.5. The fourth-order valence-corrected chi connectivity index (χ4v) is 6.37. The van der Waals surface area contributed by atoms with Gasteiger partial charge in [-0.3, -0.25) is 4.72 Å². The molecule has 170 valence electrons. The Morgan fingerprint density at radius 1 is 1.00 bits per heavy atom. The van der Waals surface area contributed by atoms with Crippen molar-refractivity contribution in [2.45, 2.75) is 4.90 Å². The fourth-order valence-electron chi connectivity index (χ4n) is 3.33. The van der Waals surface area contributed by atoms with Crippen molar-refractivity contribution in [3.05, 3.63) is 76.3 Å². The summed E-state index contributed by atoms with van der Waals surface area (Å²) in [7, 11) is -1.71. The first-order chi connectivity index (χ1) is 15.7. The monoisotopic (exact) mass is 521 g/mol. The molecule has 1 aromatic heterocycles. The van der Waals surface area contributed by atoms with Gasteiger partial charge in [0.25, 0.3) is 10.0 Å². The molecule has 0 unspecified atom stereocenters. The van der Waals surface area contributed by atoms with Gasteiger partial charge in [-0.1, -0.05) is 47.5 Å². The lowest BCUT2D eigenvalue weighted by atomic mass is 10.1. The number of halogens is 2. The number of rotatable bonds is 6. The lowest BCUT2D eigenvalue weighted by Crippen LogP contribution is -2.17. The first-order valence-electron chi connectivity index (χ1n) is 9.50. The molecule has 4 aromatic rings. The molecular weight excluding hydrogens is 505 g/mol. The molecule has 0 spiro atoms. The second-order valence-electron chi connectivity index (χ2n) is 6.92. The number of sulfonamides is 1. The molecule has 0 amide bonds. The smallest absolute Gasteiger partial charge is 0.339 e. The number of thiophene rings is 1. The number of fused-ring (bicyclic) bond motifs is 1. The second kappa shape index (κ2) is 9.23. The van der Waals surface area contributed by atoms with Crippen LogP contribution in [-0.2, 0) is 14.8 Å². The van der Waals surface area contributed by atoms with E-state index in [0.29, 0.717) is 0 Å². The predicted molar refractivity (Wildman–Crippen MR) is 132 cm³/mol. The summed E-state index contributed by atoms with van der Waals surface area (Å²) in [6, 6.07) is 17.4. The van der Waals surface area contributed by atoms with Crippen molar-refractivity contribution < 1.29 is 22.7 Å². The Labute approximate surface area is 204 Å². The third-order valence-corrected chi connectivity index (χ3v) is 7.88. The Bertz CT molecular complexity index is 1450. The minimum atomic E-state index is -4.24. The molecule has 0 saturated carbocycles. The van der Waals surface area contributed by atoms with Gasteiger partial charge in [-0.05, 0) is 47.3 Å². The van der Waals surface area contributed by atoms with E-state index in [1.165, 1.54) is 32.4 Å². The van der Waals surface area contributed by atoms with Crippen LogP contribution in [0.2, 0.25) is 10.0 Å². The summed E-state index contributed by atoms with van der Waals surface area (Å²) in [6.07, 6.45) is 0. The Morgan fingerprint density at radius 3 is 2.45 bits per heavy atom. The number of hydrogen-bond acceptors (Lipinski definition) is 6. The van der Waals surface area contributed by atoms with Crippen LogP contribution in [0.5, 0.6) is 5.75 Å². The lowest BCUT2D eigenvalue weighted by molar-refractivity contribution is 0.0602. The maximum atomic E-state index is 13.3. The maximum Gasteiger partial charge on any atom is 0.339 e. The van der Waals surface area contributed by atoms with Crippen LogP contribution in [0.25, 0.3) is 20.5 Å². The van der Waals surface area contributed by atoms with Crippen molar-refractivity contribution in [3.63, 3.8) is 0 Å². The third kappa shape index (κ3) is 4.65. The van der Waals surface area contributed by atoms with Gasteiger partial charge in [-0.15, -0.1) is 11.3 Å². The molecule has 1 N–H and O–H groups in total. The highest BCUT2D eigenvalue weighted by molar-refractivity contribution is 7.92. The molecule has 33 heavy (non-hydrogen) atoms. The van der Waals surface area contributed by atoms with Crippen LogP contribution in [0.1, 0.15) is 10.4 Å². The molecule has 0 aliphatic carbocycles. The molecule has 0 fully saturated rings. The predicted octanol–water partition coefficient (Wildman–Crippen LogP) is 6.47. The molecule has 6 nitrogen and oxygen atoms in total. The van der Waals surface area contributed by atoms with Crippen molar-refractivity contribution in [3.8, 4) is 16.2 Å². The molecule has 0 aliphatic heterocycles. The van der Waals surface area contributed by atoms with Crippen LogP contribution < -0.4 is 9.46 Å². The Morgan fingerprint density at radius 2 is 1.76 bits per heavy atom. The SMILES string of the molecule is COC(=O)c1ccc(-c2cc3ccccc3s2)cc1NS(=O)(=O)c1cc(Cl)cc(Cl)c1OC. The Kier molecular flexibility index (Phi) is 6.54. The minimum Gasteiger partial charge on any atom is -0.494 e. The maximum absolute atomic E-state index is 13.3. The average Bonchev–Trinajstić information content (AvgIpc) is 3.22. The minimum absolute atomic E-state index is 0.0394. The van der Waals surface area contributed by atoms with Gasteiger partial charge < -0.3 is 9.47 Å². The van der Waals surface area contributed by atoms with E-state index in [4.69, 9.17) is 32.7 Å². The van der Waals surface area contributed by atoms with Crippen LogP contribution in [0.3, 0.4) is 0 Å². The van der Waals surface area contributed by atoms with Crippen LogP contribution in [0.15, 0.2) is 65.6 Å². The van der Waals surface area contributed by atoms with Gasteiger partial charge in [0.15, 0.2) is 5.75 Å². The number of esters is 1. The largest absolute Gasteiger partial charge is 0.494 e. The lowest BCUT2D eigenvalue weighted by Gasteiger charge is -2.16. The van der Waals surface area contributed by atoms with Gasteiger partial charge in [0.05, 0.1) is 30.5 Å². The van der Waals surface area contributed by atoms with Gasteiger partial charge in [0.1, 0.15) is 4.90 Å². The van der Waals surface area contributed by atoms with Crippen LogP contribution >= 0.6 is 34.5 Å². The highest BCUT2D eigenvalue weighted by Gasteiger charge is 2.25. The summed E-state index contributed by atoms with van der Waals surface area (Å²) >= 11 is 13.7. The summed E-state index contributed by atoms with van der Waals surface area (Å²) in [4.78, 5) is 13.0. The van der Waals surface area contributed by atoms with Crippen molar-refractivity contribution in [2.75, 3.05) is 18.9 Å². The normalized spacial score (nSPS) is 11.4. The first kappa shape index (κ1) is 23.4. The van der Waals surface area contributed by atoms with Crippen molar-refractivity contribution in [1.29, 1.82) is 0 Å². The van der Waals surface area contributed by atoms with Crippen molar-refractivity contribution in [1.82, 2.24) is 0 Å². The summed E-state index contributed by atoms with van der Waals surface area (Å²) in [5, 5.41) is 1.22. The number of hydrogen-bond donors (Lipinski definition) is 1. The number of benzene rings is 3. The molecule has 1 heterocycles. The van der Waals surface area contributed by atoms with E-state index >= 15 is 0 Å². The molecule has 3 aromatic carbocycles. The number of anilines is 1. The number of methoxy groups -OCH3 is 2. The van der Waals surface area contributed by atoms with Gasteiger partial charge in [-0.25, -0.2) is 13.2 Å². The van der Waals surface area contributed by atoms with Crippen molar-refractivity contribution in [2.24, 2.45) is 0 Å². The zero-order valence-corrected chi connectivity index (χ0v) is 20.5. The first-order valence-corrected chi connectivity index (χ1v) is 12.6. The average molecular weight is 522 g/mol. The van der Waals surface area contributed by atoms with E-state index in [0.717, 1.165) is 20.5 Å². The van der Waals surface area contributed by atoms with Gasteiger partial charge in [0, 0.05) is 14.6 Å². The van der Waals surface area contributed by atoms with E-state index < -0.39 is 16.0 Å². The quantitative estimate of drug-likeness (QED) is 0.294. The molecule has 10 heteroatoms. The molecule has 4 rings (SSSR count). The third-order valence-electron chi connectivity index (χ3n) is 4.85. The van der Waals surface area contributed by atoms with E-state index in [-0.39, 0.29) is 31.9 Å². The zero-order chi connectivity index (χ0) is 23.8. The summed E-state index contributed by atoms with van der Waals surface area (Å²) in [5.74, 6) is -0.750. The summed E-state index contributed by atoms with van der Waals surface area (Å²) in [5.41, 5.74) is 0.839. The van der Waals surface area contributed by atoms with E-state index in [9.17, 15) is 13.2 Å². The number of ether oxygens (including phenoxy) is 2. The zero-order valence-electron chi connectivity index (χ0n) is 17.4. The van der Waals surface area contributed by atoms with E-state index in [2.05, 4.69) is 4.72 Å².